The van der Waals surface area contributed by atoms with E-state index in [1.165, 1.54) is 6.42 Å². The summed E-state index contributed by atoms with van der Waals surface area (Å²) in [6.45, 7) is 5.59. The number of aliphatic hydroxyl groups excluding tert-OH is 3. The fourth-order valence-corrected chi connectivity index (χ4v) is 4.00. The molecule has 0 bridgehead atoms. The van der Waals surface area contributed by atoms with Gasteiger partial charge in [-0.05, 0) is 56.4 Å². The normalized spacial score (nSPS) is 29.7. The Morgan fingerprint density at radius 2 is 1.77 bits per heavy atom. The van der Waals surface area contributed by atoms with Crippen LogP contribution in [0.25, 0.3) is 11.0 Å². The minimum Gasteiger partial charge on any atom is -0.394 e. The lowest BCUT2D eigenvalue weighted by atomic mass is 10.1. The van der Waals surface area contributed by atoms with Crippen LogP contribution in [0.1, 0.15) is 36.6 Å². The summed E-state index contributed by atoms with van der Waals surface area (Å²) in [5.74, 6) is 0.763. The number of hydrogen-bond donors (Lipinski definition) is 3. The van der Waals surface area contributed by atoms with Gasteiger partial charge in [0.05, 0.1) is 17.6 Å². The molecule has 0 radical (unpaired) electrons. The van der Waals surface area contributed by atoms with Crippen LogP contribution in [0.15, 0.2) is 12.1 Å². The third-order valence-corrected chi connectivity index (χ3v) is 5.70. The second-order valence-corrected chi connectivity index (χ2v) is 7.48. The predicted octanol–water partition coefficient (Wildman–Crippen LogP) is 1.25. The SMILES string of the molecule is Cc1cc2nc(N3CCCCC3)n([C@@H]3O[C@@H](CO)[C@@H](O)[C@@H]3O)c2cc1C. The van der Waals surface area contributed by atoms with Crippen LogP contribution in [0.4, 0.5) is 5.95 Å². The van der Waals surface area contributed by atoms with E-state index in [1.54, 1.807) is 0 Å². The second kappa shape index (κ2) is 6.81. The van der Waals surface area contributed by atoms with Crippen molar-refractivity contribution in [2.24, 2.45) is 0 Å². The number of aliphatic hydroxyl groups is 3. The molecule has 1 aromatic heterocycles. The van der Waals surface area contributed by atoms with Crippen molar-refractivity contribution < 1.29 is 20.1 Å². The standard InChI is InChI=1S/C19H27N3O4/c1-11-8-13-14(9-12(11)2)22(18-17(25)16(24)15(10-23)26-18)19(20-13)21-6-4-3-5-7-21/h8-9,15-18,23-25H,3-7,10H2,1-2H3/t15-,16+,17-,18+/m0/s1. The highest BCUT2D eigenvalue weighted by Gasteiger charge is 2.45. The molecule has 3 heterocycles. The highest BCUT2D eigenvalue weighted by atomic mass is 16.6. The zero-order valence-corrected chi connectivity index (χ0v) is 15.3. The second-order valence-electron chi connectivity index (χ2n) is 7.48. The van der Waals surface area contributed by atoms with E-state index in [-0.39, 0.29) is 6.61 Å². The van der Waals surface area contributed by atoms with Crippen LogP contribution in [0.5, 0.6) is 0 Å². The first-order valence-electron chi connectivity index (χ1n) is 9.38. The maximum absolute atomic E-state index is 10.6. The Bertz CT molecular complexity index is 800. The number of aromatic nitrogens is 2. The number of rotatable bonds is 3. The van der Waals surface area contributed by atoms with Gasteiger partial charge in [0.2, 0.25) is 5.95 Å². The average molecular weight is 361 g/mol. The Labute approximate surface area is 152 Å². The lowest BCUT2D eigenvalue weighted by Crippen LogP contribution is -2.35. The molecule has 3 N–H and O–H groups in total. The summed E-state index contributed by atoms with van der Waals surface area (Å²) in [6.07, 6.45) is -0.380. The van der Waals surface area contributed by atoms with E-state index in [9.17, 15) is 15.3 Å². The Morgan fingerprint density at radius 1 is 1.08 bits per heavy atom. The fourth-order valence-electron chi connectivity index (χ4n) is 4.00. The summed E-state index contributed by atoms with van der Waals surface area (Å²) < 4.78 is 7.73. The van der Waals surface area contributed by atoms with Gasteiger partial charge in [-0.15, -0.1) is 0 Å². The van der Waals surface area contributed by atoms with Crippen LogP contribution in [-0.2, 0) is 4.74 Å². The zero-order chi connectivity index (χ0) is 18.4. The van der Waals surface area contributed by atoms with E-state index in [0.717, 1.165) is 54.0 Å². The molecule has 4 atom stereocenters. The molecular formula is C19H27N3O4. The number of benzene rings is 1. The van der Waals surface area contributed by atoms with E-state index in [2.05, 4.69) is 24.0 Å². The lowest BCUT2D eigenvalue weighted by molar-refractivity contribution is -0.0502. The third kappa shape index (κ3) is 2.79. The molecule has 4 rings (SSSR count). The van der Waals surface area contributed by atoms with Crippen LogP contribution in [-0.4, -0.2) is 62.9 Å². The Balaban J connectivity index is 1.86. The molecule has 2 aliphatic heterocycles. The number of piperidine rings is 1. The molecule has 7 nitrogen and oxygen atoms in total. The highest BCUT2D eigenvalue weighted by Crippen LogP contribution is 2.37. The lowest BCUT2D eigenvalue weighted by Gasteiger charge is -2.30. The zero-order valence-electron chi connectivity index (χ0n) is 15.3. The quantitative estimate of drug-likeness (QED) is 0.762. The average Bonchev–Trinajstić information content (AvgIpc) is 3.14. The van der Waals surface area contributed by atoms with Crippen LogP contribution in [0, 0.1) is 13.8 Å². The molecule has 26 heavy (non-hydrogen) atoms. The summed E-state index contributed by atoms with van der Waals surface area (Å²) in [5, 5.41) is 30.2. The summed E-state index contributed by atoms with van der Waals surface area (Å²) in [6, 6.07) is 4.11. The Morgan fingerprint density at radius 3 is 2.42 bits per heavy atom. The minimum absolute atomic E-state index is 0.335. The largest absolute Gasteiger partial charge is 0.394 e. The van der Waals surface area contributed by atoms with Crippen molar-refractivity contribution in [3.63, 3.8) is 0 Å². The molecule has 2 fully saturated rings. The summed E-state index contributed by atoms with van der Waals surface area (Å²) in [4.78, 5) is 7.07. The molecule has 2 aromatic rings. The smallest absolute Gasteiger partial charge is 0.208 e. The molecule has 0 aliphatic carbocycles. The van der Waals surface area contributed by atoms with Gasteiger partial charge in [0.15, 0.2) is 6.23 Å². The molecule has 0 amide bonds. The maximum atomic E-state index is 10.6. The number of anilines is 1. The van der Waals surface area contributed by atoms with Gasteiger partial charge in [0, 0.05) is 13.1 Å². The van der Waals surface area contributed by atoms with Gasteiger partial charge < -0.3 is 25.0 Å². The molecule has 2 saturated heterocycles. The monoisotopic (exact) mass is 361 g/mol. The van der Waals surface area contributed by atoms with Gasteiger partial charge in [-0.2, -0.15) is 0 Å². The molecule has 7 heteroatoms. The van der Waals surface area contributed by atoms with Crippen LogP contribution < -0.4 is 4.90 Å². The maximum Gasteiger partial charge on any atom is 0.208 e. The topological polar surface area (TPSA) is 91.0 Å². The van der Waals surface area contributed by atoms with Crippen molar-refractivity contribution in [3.05, 3.63) is 23.3 Å². The summed E-state index contributed by atoms with van der Waals surface area (Å²) in [5.41, 5.74) is 4.03. The van der Waals surface area contributed by atoms with E-state index in [0.29, 0.717) is 0 Å². The van der Waals surface area contributed by atoms with Gasteiger partial charge >= 0.3 is 0 Å². The van der Waals surface area contributed by atoms with Gasteiger partial charge in [0.25, 0.3) is 0 Å². The predicted molar refractivity (Wildman–Crippen MR) is 98.3 cm³/mol. The van der Waals surface area contributed by atoms with Crippen LogP contribution in [0.2, 0.25) is 0 Å². The van der Waals surface area contributed by atoms with Crippen molar-refractivity contribution in [1.82, 2.24) is 9.55 Å². The number of ether oxygens (including phenoxy) is 1. The van der Waals surface area contributed by atoms with Gasteiger partial charge in [-0.3, -0.25) is 4.57 Å². The highest BCUT2D eigenvalue weighted by molar-refractivity contribution is 5.81. The number of hydrogen-bond acceptors (Lipinski definition) is 6. The Hall–Kier alpha value is -1.67. The van der Waals surface area contributed by atoms with E-state index >= 15 is 0 Å². The van der Waals surface area contributed by atoms with E-state index < -0.39 is 24.5 Å². The number of fused-ring (bicyclic) bond motifs is 1. The molecule has 2 aliphatic rings. The first kappa shape index (κ1) is 17.7. The van der Waals surface area contributed by atoms with Crippen LogP contribution >= 0.6 is 0 Å². The van der Waals surface area contributed by atoms with Crippen molar-refractivity contribution in [2.75, 3.05) is 24.6 Å². The van der Waals surface area contributed by atoms with E-state index in [4.69, 9.17) is 9.72 Å². The first-order valence-corrected chi connectivity index (χ1v) is 9.38. The molecule has 142 valence electrons. The third-order valence-electron chi connectivity index (χ3n) is 5.70. The summed E-state index contributed by atoms with van der Waals surface area (Å²) >= 11 is 0. The van der Waals surface area contributed by atoms with Crippen molar-refractivity contribution in [3.8, 4) is 0 Å². The molecule has 1 aromatic carbocycles. The van der Waals surface area contributed by atoms with Crippen LogP contribution in [0.3, 0.4) is 0 Å². The fraction of sp³-hybridized carbons (Fsp3) is 0.632. The van der Waals surface area contributed by atoms with Gasteiger partial charge in [0.1, 0.15) is 18.3 Å². The van der Waals surface area contributed by atoms with Crippen molar-refractivity contribution in [1.29, 1.82) is 0 Å². The minimum atomic E-state index is -1.12. The first-order chi connectivity index (χ1) is 12.5. The summed E-state index contributed by atoms with van der Waals surface area (Å²) in [7, 11) is 0. The van der Waals surface area contributed by atoms with Gasteiger partial charge in [-0.1, -0.05) is 0 Å². The Kier molecular flexibility index (Phi) is 4.64. The van der Waals surface area contributed by atoms with Gasteiger partial charge in [-0.25, -0.2) is 4.98 Å². The van der Waals surface area contributed by atoms with E-state index in [1.807, 2.05) is 11.5 Å². The molecule has 0 spiro atoms. The number of nitrogens with zero attached hydrogens (tertiary/aromatic N) is 3. The molecule has 0 saturated carbocycles. The molecule has 0 unspecified atom stereocenters. The van der Waals surface area contributed by atoms with Crippen molar-refractivity contribution >= 4 is 17.0 Å². The number of imidazole rings is 1. The van der Waals surface area contributed by atoms with Crippen molar-refractivity contribution in [2.45, 2.75) is 57.6 Å². The number of aryl methyl sites for hydroxylation is 2. The molecular weight excluding hydrogens is 334 g/mol.